The molecule has 0 atom stereocenters. The van der Waals surface area contributed by atoms with E-state index in [2.05, 4.69) is 40.7 Å². The van der Waals surface area contributed by atoms with Gasteiger partial charge >= 0.3 is 0 Å². The number of benzene rings is 1. The number of nitrogens with one attached hydrogen (secondary N) is 1. The Morgan fingerprint density at radius 2 is 2.12 bits per heavy atom. The maximum Gasteiger partial charge on any atom is 0.244 e. The number of thioether (sulfide) groups is 1. The van der Waals surface area contributed by atoms with E-state index in [0.717, 1.165) is 44.6 Å². The van der Waals surface area contributed by atoms with E-state index < -0.39 is 0 Å². The van der Waals surface area contributed by atoms with Gasteiger partial charge in [-0.25, -0.2) is 0 Å². The molecule has 1 fully saturated rings. The highest BCUT2D eigenvalue weighted by Crippen LogP contribution is 2.24. The normalized spacial score (nSPS) is 16.2. The zero-order valence-electron chi connectivity index (χ0n) is 15.2. The van der Waals surface area contributed by atoms with Crippen molar-refractivity contribution in [3.63, 3.8) is 0 Å². The second-order valence-electron chi connectivity index (χ2n) is 6.67. The molecule has 5 heteroatoms. The highest BCUT2D eigenvalue weighted by Gasteiger charge is 2.20. The van der Waals surface area contributed by atoms with Crippen LogP contribution in [0.25, 0.3) is 6.08 Å². The highest BCUT2D eigenvalue weighted by molar-refractivity contribution is 7.98. The number of nitrogens with zero attached hydrogens (tertiary/aromatic N) is 1. The van der Waals surface area contributed by atoms with Gasteiger partial charge in [-0.1, -0.05) is 18.2 Å². The Balaban J connectivity index is 1.39. The molecule has 26 heavy (non-hydrogen) atoms. The molecule has 1 aliphatic heterocycles. The van der Waals surface area contributed by atoms with Crippen LogP contribution in [-0.2, 0) is 11.3 Å². The minimum Gasteiger partial charge on any atom is -0.352 e. The van der Waals surface area contributed by atoms with E-state index >= 15 is 0 Å². The van der Waals surface area contributed by atoms with Crippen molar-refractivity contribution in [1.82, 2.24) is 10.2 Å². The summed E-state index contributed by atoms with van der Waals surface area (Å²) in [5, 5.41) is 7.11. The standard InChI is InChI=1S/C21H26N2OS2/c1-25-20-5-3-2-4-19(20)15-23-11-8-17(9-12-23)14-22-21(24)7-6-18-10-13-26-16-18/h2-7,10,13,16-17H,8-9,11-12,14-15H2,1H3,(H,22,24)/b7-6+. The van der Waals surface area contributed by atoms with Crippen LogP contribution in [0.15, 0.2) is 52.1 Å². The second kappa shape index (κ2) is 9.95. The molecule has 2 aromatic rings. The molecule has 1 amide bonds. The van der Waals surface area contributed by atoms with Crippen LogP contribution in [-0.4, -0.2) is 36.7 Å². The molecule has 1 N–H and O–H groups in total. The molecular formula is C21H26N2OS2. The van der Waals surface area contributed by atoms with Crippen molar-refractivity contribution in [2.75, 3.05) is 25.9 Å². The zero-order valence-corrected chi connectivity index (χ0v) is 16.8. The molecule has 1 saturated heterocycles. The van der Waals surface area contributed by atoms with E-state index in [4.69, 9.17) is 0 Å². The number of amides is 1. The summed E-state index contributed by atoms with van der Waals surface area (Å²) >= 11 is 3.46. The number of carbonyl (C=O) groups is 1. The number of likely N-dealkylation sites (tertiary alicyclic amines) is 1. The summed E-state index contributed by atoms with van der Waals surface area (Å²) in [5.74, 6) is 0.591. The minimum absolute atomic E-state index is 0.00697. The van der Waals surface area contributed by atoms with E-state index in [-0.39, 0.29) is 5.91 Å². The first-order valence-electron chi connectivity index (χ1n) is 9.07. The van der Waals surface area contributed by atoms with Crippen molar-refractivity contribution < 1.29 is 4.79 Å². The first kappa shape index (κ1) is 19.2. The molecule has 0 unspecified atom stereocenters. The molecule has 0 aliphatic carbocycles. The number of piperidine rings is 1. The monoisotopic (exact) mass is 386 g/mol. The average Bonchev–Trinajstić information content (AvgIpc) is 3.20. The van der Waals surface area contributed by atoms with E-state index in [0.29, 0.717) is 5.92 Å². The Hall–Kier alpha value is -1.56. The Labute approximate surface area is 164 Å². The first-order valence-corrected chi connectivity index (χ1v) is 11.2. The predicted molar refractivity (Wildman–Crippen MR) is 113 cm³/mol. The van der Waals surface area contributed by atoms with Gasteiger partial charge in [0.25, 0.3) is 0 Å². The minimum atomic E-state index is 0.00697. The van der Waals surface area contributed by atoms with Crippen molar-refractivity contribution >= 4 is 35.1 Å². The first-order chi connectivity index (χ1) is 12.7. The summed E-state index contributed by atoms with van der Waals surface area (Å²) in [4.78, 5) is 15.9. The van der Waals surface area contributed by atoms with Gasteiger partial charge in [-0.05, 0) is 78.2 Å². The van der Waals surface area contributed by atoms with Gasteiger partial charge in [0.15, 0.2) is 0 Å². The summed E-state index contributed by atoms with van der Waals surface area (Å²) in [7, 11) is 0. The third-order valence-electron chi connectivity index (χ3n) is 4.83. The third kappa shape index (κ3) is 5.73. The fourth-order valence-electron chi connectivity index (χ4n) is 3.27. The zero-order chi connectivity index (χ0) is 18.2. The van der Waals surface area contributed by atoms with Gasteiger partial charge in [-0.3, -0.25) is 9.69 Å². The van der Waals surface area contributed by atoms with Crippen LogP contribution in [0.1, 0.15) is 24.0 Å². The van der Waals surface area contributed by atoms with Crippen molar-refractivity contribution in [3.05, 3.63) is 58.3 Å². The van der Waals surface area contributed by atoms with E-state index in [1.165, 1.54) is 10.5 Å². The van der Waals surface area contributed by atoms with E-state index in [1.54, 1.807) is 17.4 Å². The lowest BCUT2D eigenvalue weighted by atomic mass is 9.96. The summed E-state index contributed by atoms with van der Waals surface area (Å²) in [6.07, 6.45) is 7.95. The fraction of sp³-hybridized carbons (Fsp3) is 0.381. The van der Waals surface area contributed by atoms with E-state index in [1.807, 2.05) is 34.7 Å². The topological polar surface area (TPSA) is 32.3 Å². The van der Waals surface area contributed by atoms with Crippen LogP contribution in [0.2, 0.25) is 0 Å². The SMILES string of the molecule is CSc1ccccc1CN1CCC(CNC(=O)/C=C/c2ccsc2)CC1. The molecular weight excluding hydrogens is 360 g/mol. The quantitative estimate of drug-likeness (QED) is 0.561. The average molecular weight is 387 g/mol. The lowest BCUT2D eigenvalue weighted by Crippen LogP contribution is -2.38. The molecule has 0 radical (unpaired) electrons. The summed E-state index contributed by atoms with van der Waals surface area (Å²) in [6, 6.07) is 10.7. The van der Waals surface area contributed by atoms with Crippen molar-refractivity contribution in [3.8, 4) is 0 Å². The smallest absolute Gasteiger partial charge is 0.244 e. The fourth-order valence-corrected chi connectivity index (χ4v) is 4.51. The largest absolute Gasteiger partial charge is 0.352 e. The Morgan fingerprint density at radius 3 is 2.85 bits per heavy atom. The van der Waals surface area contributed by atoms with Crippen LogP contribution in [0, 0.1) is 5.92 Å². The molecule has 3 rings (SSSR count). The maximum atomic E-state index is 11.9. The number of thiophene rings is 1. The summed E-state index contributed by atoms with van der Waals surface area (Å²) in [6.45, 7) is 4.02. The van der Waals surface area contributed by atoms with Gasteiger partial charge < -0.3 is 5.32 Å². The molecule has 1 aromatic carbocycles. The van der Waals surface area contributed by atoms with Gasteiger partial charge in [-0.15, -0.1) is 11.8 Å². The lowest BCUT2D eigenvalue weighted by Gasteiger charge is -2.32. The highest BCUT2D eigenvalue weighted by atomic mass is 32.2. The Kier molecular flexibility index (Phi) is 7.35. The van der Waals surface area contributed by atoms with Crippen LogP contribution < -0.4 is 5.32 Å². The number of rotatable bonds is 7. The van der Waals surface area contributed by atoms with Gasteiger partial charge in [0.2, 0.25) is 5.91 Å². The van der Waals surface area contributed by atoms with Crippen molar-refractivity contribution in [2.45, 2.75) is 24.3 Å². The molecule has 138 valence electrons. The number of carbonyl (C=O) groups excluding carboxylic acids is 1. The molecule has 3 nitrogen and oxygen atoms in total. The van der Waals surface area contributed by atoms with Gasteiger partial charge in [0.05, 0.1) is 0 Å². The van der Waals surface area contributed by atoms with Crippen molar-refractivity contribution in [1.29, 1.82) is 0 Å². The number of hydrogen-bond acceptors (Lipinski definition) is 4. The van der Waals surface area contributed by atoms with Gasteiger partial charge in [-0.2, -0.15) is 11.3 Å². The van der Waals surface area contributed by atoms with Crippen LogP contribution in [0.5, 0.6) is 0 Å². The van der Waals surface area contributed by atoms with Gasteiger partial charge in [0, 0.05) is 24.1 Å². The summed E-state index contributed by atoms with van der Waals surface area (Å²) < 4.78 is 0. The van der Waals surface area contributed by atoms with Crippen LogP contribution in [0.4, 0.5) is 0 Å². The molecule has 1 aromatic heterocycles. The maximum absolute atomic E-state index is 11.9. The molecule has 1 aliphatic rings. The Morgan fingerprint density at radius 1 is 1.31 bits per heavy atom. The second-order valence-corrected chi connectivity index (χ2v) is 8.29. The molecule has 0 bridgehead atoms. The molecule has 0 saturated carbocycles. The third-order valence-corrected chi connectivity index (χ3v) is 6.37. The summed E-state index contributed by atoms with van der Waals surface area (Å²) in [5.41, 5.74) is 2.51. The van der Waals surface area contributed by atoms with Gasteiger partial charge in [0.1, 0.15) is 0 Å². The lowest BCUT2D eigenvalue weighted by molar-refractivity contribution is -0.116. The van der Waals surface area contributed by atoms with E-state index in [9.17, 15) is 4.79 Å². The van der Waals surface area contributed by atoms with Crippen LogP contribution >= 0.6 is 23.1 Å². The number of hydrogen-bond donors (Lipinski definition) is 1. The van der Waals surface area contributed by atoms with Crippen molar-refractivity contribution in [2.24, 2.45) is 5.92 Å². The molecule has 0 spiro atoms. The van der Waals surface area contributed by atoms with Crippen LogP contribution in [0.3, 0.4) is 0 Å². The Bertz CT molecular complexity index is 719. The molecule has 2 heterocycles. The predicted octanol–water partition coefficient (Wildman–Crippen LogP) is 4.51.